The van der Waals surface area contributed by atoms with E-state index in [1.165, 1.54) is 0 Å². The van der Waals surface area contributed by atoms with Crippen LogP contribution in [-0.4, -0.2) is 5.97 Å². The monoisotopic (exact) mass is 254 g/mol. The molecule has 0 unspecified atom stereocenters. The van der Waals surface area contributed by atoms with E-state index >= 15 is 0 Å². The van der Waals surface area contributed by atoms with E-state index in [1.807, 2.05) is 30.3 Å². The van der Waals surface area contributed by atoms with Crippen molar-refractivity contribution in [2.45, 2.75) is 13.5 Å². The van der Waals surface area contributed by atoms with Gasteiger partial charge in [0, 0.05) is 0 Å². The molecule has 0 aliphatic carbocycles. The summed E-state index contributed by atoms with van der Waals surface area (Å²) in [5.41, 5.74) is 0.984. The Balaban J connectivity index is 2.46. The molecule has 0 amide bonds. The lowest BCUT2D eigenvalue weighted by Crippen LogP contribution is -2.03. The van der Waals surface area contributed by atoms with Gasteiger partial charge in [0.25, 0.3) is 0 Å². The van der Waals surface area contributed by atoms with Gasteiger partial charge in [-0.15, -0.1) is 0 Å². The molecule has 0 spiro atoms. The van der Waals surface area contributed by atoms with Crippen molar-refractivity contribution in [1.82, 2.24) is 0 Å². The molecule has 0 radical (unpaired) electrons. The maximum atomic E-state index is 11.2. The summed E-state index contributed by atoms with van der Waals surface area (Å²) in [6.45, 7) is 2.08. The molecule has 0 bridgehead atoms. The lowest BCUT2D eigenvalue weighted by Gasteiger charge is -2.03. The molecule has 3 heteroatoms. The number of hydrogen-bond donors (Lipinski definition) is 0. The van der Waals surface area contributed by atoms with Crippen LogP contribution in [0.15, 0.2) is 40.9 Å². The lowest BCUT2D eigenvalue weighted by atomic mass is 10.2. The van der Waals surface area contributed by atoms with Gasteiger partial charge in [0.05, 0.1) is 4.48 Å². The van der Waals surface area contributed by atoms with Crippen molar-refractivity contribution in [3.05, 3.63) is 46.5 Å². The van der Waals surface area contributed by atoms with Crippen LogP contribution in [0, 0.1) is 0 Å². The van der Waals surface area contributed by atoms with Gasteiger partial charge in [-0.1, -0.05) is 36.4 Å². The number of allylic oxidation sites excluding steroid dienone is 1. The Labute approximate surface area is 91.7 Å². The molecule has 1 rings (SSSR count). The first-order chi connectivity index (χ1) is 6.74. The van der Waals surface area contributed by atoms with Crippen LogP contribution in [-0.2, 0) is 16.1 Å². The van der Waals surface area contributed by atoms with E-state index in [4.69, 9.17) is 4.74 Å². The Kier molecular flexibility index (Phi) is 4.40. The molecule has 0 saturated carbocycles. The van der Waals surface area contributed by atoms with Gasteiger partial charge in [-0.3, -0.25) is 0 Å². The molecule has 0 aromatic heterocycles. The second kappa shape index (κ2) is 5.60. The van der Waals surface area contributed by atoms with E-state index in [-0.39, 0.29) is 5.97 Å². The highest BCUT2D eigenvalue weighted by molar-refractivity contribution is 9.12. The zero-order chi connectivity index (χ0) is 10.4. The highest BCUT2D eigenvalue weighted by atomic mass is 79.9. The van der Waals surface area contributed by atoms with Gasteiger partial charge in [0.2, 0.25) is 0 Å². The van der Waals surface area contributed by atoms with Crippen molar-refractivity contribution in [3.63, 3.8) is 0 Å². The molecule has 1 aromatic carbocycles. The van der Waals surface area contributed by atoms with E-state index in [0.29, 0.717) is 11.1 Å². The Bertz CT molecular complexity index is 330. The van der Waals surface area contributed by atoms with Gasteiger partial charge < -0.3 is 4.74 Å². The molecule has 74 valence electrons. The van der Waals surface area contributed by atoms with Crippen molar-refractivity contribution in [3.8, 4) is 0 Å². The average molecular weight is 255 g/mol. The van der Waals surface area contributed by atoms with Crippen molar-refractivity contribution >= 4 is 21.9 Å². The standard InChI is InChI=1S/C11H11BrO2/c1-2-10(12)11(13)14-8-9-6-4-3-5-7-9/h2-7H,8H2,1H3/b10-2-. The Morgan fingerprint density at radius 1 is 1.43 bits per heavy atom. The summed E-state index contributed by atoms with van der Waals surface area (Å²) in [4.78, 5) is 11.2. The third kappa shape index (κ3) is 3.34. The summed E-state index contributed by atoms with van der Waals surface area (Å²) in [5.74, 6) is -0.337. The highest BCUT2D eigenvalue weighted by Gasteiger charge is 2.05. The zero-order valence-electron chi connectivity index (χ0n) is 7.87. The maximum Gasteiger partial charge on any atom is 0.345 e. The fourth-order valence-electron chi connectivity index (χ4n) is 0.910. The largest absolute Gasteiger partial charge is 0.457 e. The smallest absolute Gasteiger partial charge is 0.345 e. The maximum absolute atomic E-state index is 11.2. The van der Waals surface area contributed by atoms with Crippen molar-refractivity contribution in [2.24, 2.45) is 0 Å². The van der Waals surface area contributed by atoms with Gasteiger partial charge in [-0.05, 0) is 28.4 Å². The summed E-state index contributed by atoms with van der Waals surface area (Å²) in [6.07, 6.45) is 1.66. The third-order valence-corrected chi connectivity index (χ3v) is 2.44. The summed E-state index contributed by atoms with van der Waals surface area (Å²) in [6, 6.07) is 9.57. The van der Waals surface area contributed by atoms with Crippen LogP contribution >= 0.6 is 15.9 Å². The molecule has 0 fully saturated rings. The summed E-state index contributed by atoms with van der Waals surface area (Å²) >= 11 is 3.10. The molecular weight excluding hydrogens is 244 g/mol. The first-order valence-electron chi connectivity index (χ1n) is 4.27. The molecule has 0 aliphatic rings. The predicted molar refractivity (Wildman–Crippen MR) is 58.9 cm³/mol. The number of halogens is 1. The molecule has 0 heterocycles. The summed E-state index contributed by atoms with van der Waals surface area (Å²) in [7, 11) is 0. The number of esters is 1. The van der Waals surface area contributed by atoms with Crippen LogP contribution in [0.3, 0.4) is 0 Å². The summed E-state index contributed by atoms with van der Waals surface area (Å²) < 4.78 is 5.48. The molecule has 0 aliphatic heterocycles. The number of hydrogen-bond acceptors (Lipinski definition) is 2. The van der Waals surface area contributed by atoms with Gasteiger partial charge >= 0.3 is 5.97 Å². The second-order valence-corrected chi connectivity index (χ2v) is 3.55. The molecule has 14 heavy (non-hydrogen) atoms. The summed E-state index contributed by atoms with van der Waals surface area (Å²) in [5, 5.41) is 0. The van der Waals surface area contributed by atoms with Crippen LogP contribution in [0.5, 0.6) is 0 Å². The molecule has 2 nitrogen and oxygen atoms in total. The minimum Gasteiger partial charge on any atom is -0.457 e. The van der Waals surface area contributed by atoms with Crippen LogP contribution in [0.2, 0.25) is 0 Å². The van der Waals surface area contributed by atoms with Crippen LogP contribution in [0.25, 0.3) is 0 Å². The van der Waals surface area contributed by atoms with Gasteiger partial charge in [-0.2, -0.15) is 0 Å². The first-order valence-corrected chi connectivity index (χ1v) is 5.06. The fraction of sp³-hybridized carbons (Fsp3) is 0.182. The van der Waals surface area contributed by atoms with Gasteiger partial charge in [0.1, 0.15) is 6.61 Å². The molecular formula is C11H11BrO2. The fourth-order valence-corrected chi connectivity index (χ4v) is 1.02. The average Bonchev–Trinajstić information content (AvgIpc) is 2.26. The third-order valence-electron chi connectivity index (χ3n) is 1.66. The van der Waals surface area contributed by atoms with Gasteiger partial charge in [0.15, 0.2) is 0 Å². The normalized spacial score (nSPS) is 11.1. The Morgan fingerprint density at radius 3 is 2.64 bits per heavy atom. The minimum atomic E-state index is -0.337. The van der Waals surface area contributed by atoms with E-state index in [2.05, 4.69) is 15.9 Å². The van der Waals surface area contributed by atoms with Crippen LogP contribution < -0.4 is 0 Å². The number of carbonyl (C=O) groups excluding carboxylic acids is 1. The molecule has 0 atom stereocenters. The van der Waals surface area contributed by atoms with Crippen LogP contribution in [0.1, 0.15) is 12.5 Å². The van der Waals surface area contributed by atoms with E-state index < -0.39 is 0 Å². The SMILES string of the molecule is C/C=C(\Br)C(=O)OCc1ccccc1. The lowest BCUT2D eigenvalue weighted by molar-refractivity contribution is -0.139. The topological polar surface area (TPSA) is 26.3 Å². The van der Waals surface area contributed by atoms with E-state index in [0.717, 1.165) is 5.56 Å². The minimum absolute atomic E-state index is 0.308. The van der Waals surface area contributed by atoms with Crippen LogP contribution in [0.4, 0.5) is 0 Å². The second-order valence-electron chi connectivity index (χ2n) is 2.70. The highest BCUT2D eigenvalue weighted by Crippen LogP contribution is 2.09. The predicted octanol–water partition coefficient (Wildman–Crippen LogP) is 3.03. The molecule has 0 saturated heterocycles. The number of carbonyl (C=O) groups is 1. The van der Waals surface area contributed by atoms with E-state index in [9.17, 15) is 4.79 Å². The van der Waals surface area contributed by atoms with E-state index in [1.54, 1.807) is 13.0 Å². The van der Waals surface area contributed by atoms with Crippen molar-refractivity contribution in [1.29, 1.82) is 0 Å². The van der Waals surface area contributed by atoms with Crippen molar-refractivity contribution < 1.29 is 9.53 Å². The van der Waals surface area contributed by atoms with Gasteiger partial charge in [-0.25, -0.2) is 4.79 Å². The Morgan fingerprint density at radius 2 is 2.07 bits per heavy atom. The molecule has 0 N–H and O–H groups in total. The number of rotatable bonds is 3. The quantitative estimate of drug-likeness (QED) is 0.613. The number of ether oxygens (including phenoxy) is 1. The Hall–Kier alpha value is -1.09. The number of benzene rings is 1. The first kappa shape index (κ1) is 11.0. The zero-order valence-corrected chi connectivity index (χ0v) is 9.45. The molecule has 1 aromatic rings. The van der Waals surface area contributed by atoms with Crippen molar-refractivity contribution in [2.75, 3.05) is 0 Å².